The van der Waals surface area contributed by atoms with E-state index in [0.717, 1.165) is 25.9 Å². The number of aryl methyl sites for hydroxylation is 1. The molecule has 5 nitrogen and oxygen atoms in total. The van der Waals surface area contributed by atoms with Crippen LogP contribution in [0.1, 0.15) is 31.4 Å². The minimum atomic E-state index is 0.310. The third kappa shape index (κ3) is 4.06. The summed E-state index contributed by atoms with van der Waals surface area (Å²) in [4.78, 5) is 0. The van der Waals surface area contributed by atoms with Gasteiger partial charge in [0, 0.05) is 18.8 Å². The van der Waals surface area contributed by atoms with Crippen LogP contribution in [0.15, 0.2) is 36.7 Å². The van der Waals surface area contributed by atoms with Gasteiger partial charge in [0.1, 0.15) is 5.75 Å². The second-order valence-electron chi connectivity index (χ2n) is 4.53. The summed E-state index contributed by atoms with van der Waals surface area (Å²) in [6.45, 7) is 3.96. The van der Waals surface area contributed by atoms with Gasteiger partial charge in [-0.25, -0.2) is 0 Å². The lowest BCUT2D eigenvalue weighted by molar-refractivity contribution is 0.467. The van der Waals surface area contributed by atoms with E-state index >= 15 is 0 Å². The van der Waals surface area contributed by atoms with E-state index in [2.05, 4.69) is 22.6 Å². The van der Waals surface area contributed by atoms with Crippen molar-refractivity contribution >= 4 is 0 Å². The molecule has 102 valence electrons. The fraction of sp³-hybridized carbons (Fsp3) is 0.429. The van der Waals surface area contributed by atoms with E-state index in [1.54, 1.807) is 18.3 Å². The number of aromatic nitrogens is 3. The molecule has 2 N–H and O–H groups in total. The number of phenolic OH excluding ortho intramolecular Hbond substituents is 1. The molecule has 2 rings (SSSR count). The molecule has 0 saturated carbocycles. The predicted octanol–water partition coefficient (Wildman–Crippen LogP) is 2.11. The molecule has 0 fully saturated rings. The van der Waals surface area contributed by atoms with Crippen LogP contribution in [0.5, 0.6) is 5.75 Å². The maximum absolute atomic E-state index is 9.29. The van der Waals surface area contributed by atoms with Crippen LogP contribution in [-0.2, 0) is 6.54 Å². The van der Waals surface area contributed by atoms with Crippen LogP contribution < -0.4 is 5.32 Å². The highest BCUT2D eigenvalue weighted by atomic mass is 16.3. The maximum Gasteiger partial charge on any atom is 0.115 e. The van der Waals surface area contributed by atoms with E-state index < -0.39 is 0 Å². The summed E-state index contributed by atoms with van der Waals surface area (Å²) >= 11 is 0. The summed E-state index contributed by atoms with van der Waals surface area (Å²) in [5.74, 6) is 0.310. The SMILES string of the molecule is CCC(NCCCn1ccnn1)c1ccc(O)cc1. The van der Waals surface area contributed by atoms with Crippen LogP contribution >= 0.6 is 0 Å². The van der Waals surface area contributed by atoms with Gasteiger partial charge in [0.25, 0.3) is 0 Å². The van der Waals surface area contributed by atoms with Gasteiger partial charge in [0.15, 0.2) is 0 Å². The minimum Gasteiger partial charge on any atom is -0.508 e. The number of nitrogens with one attached hydrogen (secondary N) is 1. The third-order valence-corrected chi connectivity index (χ3v) is 3.13. The first-order valence-corrected chi connectivity index (χ1v) is 6.66. The molecule has 1 aromatic heterocycles. The van der Waals surface area contributed by atoms with Crippen molar-refractivity contribution in [1.82, 2.24) is 20.3 Å². The Balaban J connectivity index is 1.77. The Morgan fingerprint density at radius 1 is 1.32 bits per heavy atom. The number of aromatic hydroxyl groups is 1. The van der Waals surface area contributed by atoms with E-state index in [4.69, 9.17) is 0 Å². The molecule has 0 amide bonds. The van der Waals surface area contributed by atoms with Crippen molar-refractivity contribution in [1.29, 1.82) is 0 Å². The first-order chi connectivity index (χ1) is 9.29. The first kappa shape index (κ1) is 13.5. The molecule has 1 aromatic carbocycles. The highest BCUT2D eigenvalue weighted by Crippen LogP contribution is 2.19. The number of hydrogen-bond acceptors (Lipinski definition) is 4. The smallest absolute Gasteiger partial charge is 0.115 e. The largest absolute Gasteiger partial charge is 0.508 e. The summed E-state index contributed by atoms with van der Waals surface area (Å²) < 4.78 is 1.84. The van der Waals surface area contributed by atoms with E-state index in [1.165, 1.54) is 5.56 Å². The Hall–Kier alpha value is -1.88. The normalized spacial score (nSPS) is 12.5. The molecule has 0 aliphatic heterocycles. The molecular formula is C14H20N4O. The highest BCUT2D eigenvalue weighted by molar-refractivity contribution is 5.27. The summed E-state index contributed by atoms with van der Waals surface area (Å²) in [6, 6.07) is 7.72. The van der Waals surface area contributed by atoms with E-state index in [-0.39, 0.29) is 0 Å². The van der Waals surface area contributed by atoms with Gasteiger partial charge in [-0.2, -0.15) is 0 Å². The third-order valence-electron chi connectivity index (χ3n) is 3.13. The van der Waals surface area contributed by atoms with Gasteiger partial charge in [-0.05, 0) is 37.1 Å². The summed E-state index contributed by atoms with van der Waals surface area (Å²) in [6.07, 6.45) is 5.60. The Labute approximate surface area is 113 Å². The van der Waals surface area contributed by atoms with Crippen molar-refractivity contribution in [2.24, 2.45) is 0 Å². The molecule has 0 radical (unpaired) electrons. The van der Waals surface area contributed by atoms with E-state index in [1.807, 2.05) is 23.0 Å². The number of nitrogens with zero attached hydrogens (tertiary/aromatic N) is 3. The van der Waals surface area contributed by atoms with Crippen LogP contribution in [0, 0.1) is 0 Å². The molecule has 2 aromatic rings. The van der Waals surface area contributed by atoms with Crippen molar-refractivity contribution in [2.75, 3.05) is 6.54 Å². The Morgan fingerprint density at radius 3 is 2.74 bits per heavy atom. The molecule has 0 saturated heterocycles. The first-order valence-electron chi connectivity index (χ1n) is 6.66. The lowest BCUT2D eigenvalue weighted by Gasteiger charge is -2.17. The average molecular weight is 260 g/mol. The quantitative estimate of drug-likeness (QED) is 0.748. The summed E-state index contributed by atoms with van der Waals surface area (Å²) in [5.41, 5.74) is 1.21. The molecule has 0 aliphatic rings. The highest BCUT2D eigenvalue weighted by Gasteiger charge is 2.07. The topological polar surface area (TPSA) is 63.0 Å². The second-order valence-corrected chi connectivity index (χ2v) is 4.53. The lowest BCUT2D eigenvalue weighted by atomic mass is 10.0. The van der Waals surface area contributed by atoms with Gasteiger partial charge in [-0.1, -0.05) is 24.3 Å². The number of benzene rings is 1. The van der Waals surface area contributed by atoms with Gasteiger partial charge >= 0.3 is 0 Å². The zero-order chi connectivity index (χ0) is 13.5. The van der Waals surface area contributed by atoms with Gasteiger partial charge in [0.05, 0.1) is 6.20 Å². The molecule has 1 heterocycles. The Kier molecular flexibility index (Phi) is 4.92. The number of phenols is 1. The van der Waals surface area contributed by atoms with E-state index in [0.29, 0.717) is 11.8 Å². The van der Waals surface area contributed by atoms with Crippen molar-refractivity contribution in [2.45, 2.75) is 32.4 Å². The van der Waals surface area contributed by atoms with E-state index in [9.17, 15) is 5.11 Å². The molecule has 0 bridgehead atoms. The van der Waals surface area contributed by atoms with Crippen LogP contribution in [0.4, 0.5) is 0 Å². The second kappa shape index (κ2) is 6.89. The zero-order valence-electron chi connectivity index (χ0n) is 11.2. The van der Waals surface area contributed by atoms with Crippen molar-refractivity contribution in [3.8, 4) is 5.75 Å². The molecule has 0 spiro atoms. The number of rotatable bonds is 7. The van der Waals surface area contributed by atoms with Crippen molar-refractivity contribution < 1.29 is 5.11 Å². The zero-order valence-corrected chi connectivity index (χ0v) is 11.2. The monoisotopic (exact) mass is 260 g/mol. The van der Waals surface area contributed by atoms with Gasteiger partial charge in [0.2, 0.25) is 0 Å². The van der Waals surface area contributed by atoms with Gasteiger partial charge in [-0.3, -0.25) is 4.68 Å². The fourth-order valence-corrected chi connectivity index (χ4v) is 2.07. The van der Waals surface area contributed by atoms with Crippen molar-refractivity contribution in [3.63, 3.8) is 0 Å². The van der Waals surface area contributed by atoms with Crippen LogP contribution in [0.25, 0.3) is 0 Å². The van der Waals surface area contributed by atoms with Gasteiger partial charge < -0.3 is 10.4 Å². The van der Waals surface area contributed by atoms with Gasteiger partial charge in [-0.15, -0.1) is 5.10 Å². The molecule has 5 heteroatoms. The summed E-state index contributed by atoms with van der Waals surface area (Å²) in [7, 11) is 0. The molecule has 1 atom stereocenters. The minimum absolute atomic E-state index is 0.310. The standard InChI is InChI=1S/C14H20N4O/c1-2-14(12-4-6-13(19)7-5-12)15-8-3-10-18-11-9-16-17-18/h4-7,9,11,14-15,19H,2-3,8,10H2,1H3. The molecule has 0 aliphatic carbocycles. The van der Waals surface area contributed by atoms with Crippen molar-refractivity contribution in [3.05, 3.63) is 42.2 Å². The average Bonchev–Trinajstić information content (AvgIpc) is 2.93. The van der Waals surface area contributed by atoms with Crippen LogP contribution in [0.2, 0.25) is 0 Å². The molecule has 1 unspecified atom stereocenters. The number of hydrogen-bond donors (Lipinski definition) is 2. The lowest BCUT2D eigenvalue weighted by Crippen LogP contribution is -2.22. The summed E-state index contributed by atoms with van der Waals surface area (Å²) in [5, 5.41) is 20.5. The Morgan fingerprint density at radius 2 is 2.11 bits per heavy atom. The Bertz CT molecular complexity index is 467. The maximum atomic E-state index is 9.29. The van der Waals surface area contributed by atoms with Crippen LogP contribution in [0.3, 0.4) is 0 Å². The fourth-order valence-electron chi connectivity index (χ4n) is 2.07. The molecule has 19 heavy (non-hydrogen) atoms. The van der Waals surface area contributed by atoms with Crippen LogP contribution in [-0.4, -0.2) is 26.6 Å². The predicted molar refractivity (Wildman–Crippen MR) is 73.8 cm³/mol. The molecular weight excluding hydrogens is 240 g/mol.